The third kappa shape index (κ3) is 8.93. The highest BCUT2D eigenvalue weighted by Gasteiger charge is 2.30. The normalized spacial score (nSPS) is 12.5. The first-order valence-corrected chi connectivity index (χ1v) is 15.7. The molecule has 0 saturated carbocycles. The van der Waals surface area contributed by atoms with Crippen LogP contribution < -0.4 is 10.4 Å². The van der Waals surface area contributed by atoms with Crippen LogP contribution in [-0.2, 0) is 22.5 Å². The molecular weight excluding hydrogens is 603 g/mol. The summed E-state index contributed by atoms with van der Waals surface area (Å²) in [4.78, 5) is 37.5. The number of rotatable bonds is 15. The van der Waals surface area contributed by atoms with Crippen LogP contribution in [0.15, 0.2) is 78.9 Å². The molecule has 4 aromatic rings. The van der Waals surface area contributed by atoms with Gasteiger partial charge in [-0.2, -0.15) is 0 Å². The summed E-state index contributed by atoms with van der Waals surface area (Å²) < 4.78 is 21.1. The van der Waals surface area contributed by atoms with E-state index in [4.69, 9.17) is 4.74 Å². The second kappa shape index (κ2) is 16.2. The van der Waals surface area contributed by atoms with Crippen LogP contribution >= 0.6 is 0 Å². The fraction of sp³-hybridized carbons (Fsp3) is 0.324. The van der Waals surface area contributed by atoms with Crippen molar-refractivity contribution in [3.8, 4) is 22.3 Å². The van der Waals surface area contributed by atoms with Crippen LogP contribution in [0.25, 0.3) is 22.3 Å². The Kier molecular flexibility index (Phi) is 12.1. The van der Waals surface area contributed by atoms with Crippen molar-refractivity contribution < 1.29 is 38.8 Å². The number of aliphatic hydroxyl groups excluding tert-OH is 2. The van der Waals surface area contributed by atoms with E-state index in [1.54, 1.807) is 43.3 Å². The van der Waals surface area contributed by atoms with Gasteiger partial charge in [-0.3, -0.25) is 4.79 Å². The lowest BCUT2D eigenvalue weighted by atomic mass is 9.92. The fourth-order valence-corrected chi connectivity index (χ4v) is 5.79. The van der Waals surface area contributed by atoms with Crippen LogP contribution in [0.2, 0.25) is 0 Å². The van der Waals surface area contributed by atoms with Crippen molar-refractivity contribution >= 4 is 17.8 Å². The topological polar surface area (TPSA) is 141 Å². The monoisotopic (exact) mass is 643 g/mol. The number of carboxylic acids is 1. The van der Waals surface area contributed by atoms with E-state index in [-0.39, 0.29) is 44.4 Å². The van der Waals surface area contributed by atoms with Crippen molar-refractivity contribution in [3.05, 3.63) is 107 Å². The second-order valence-electron chi connectivity index (χ2n) is 11.6. The highest BCUT2D eigenvalue weighted by atomic mass is 19.1. The SMILES string of the molecule is CCOC(=O)c1cccc(CNC(=O)c2c(-c3ccccc3)c(-c3ccc(F)cc3)c(CC[C@@H](O)C[C@@H](O)CC(=O)[O-])n2C(C)C)c1. The van der Waals surface area contributed by atoms with Crippen molar-refractivity contribution in [2.75, 3.05) is 6.61 Å². The Bertz CT molecular complexity index is 1680. The van der Waals surface area contributed by atoms with Crippen molar-refractivity contribution in [1.29, 1.82) is 0 Å². The molecule has 0 unspecified atom stereocenters. The zero-order valence-corrected chi connectivity index (χ0v) is 26.7. The number of aliphatic hydroxyl groups is 2. The average Bonchev–Trinajstić information content (AvgIpc) is 3.39. The van der Waals surface area contributed by atoms with E-state index in [1.165, 1.54) is 12.1 Å². The van der Waals surface area contributed by atoms with E-state index in [2.05, 4.69) is 5.32 Å². The average molecular weight is 644 g/mol. The van der Waals surface area contributed by atoms with Gasteiger partial charge >= 0.3 is 5.97 Å². The first kappa shape index (κ1) is 35.1. The number of carbonyl (C=O) groups excluding carboxylic acids is 3. The Balaban J connectivity index is 1.81. The minimum atomic E-state index is -1.41. The predicted octanol–water partition coefficient (Wildman–Crippen LogP) is 4.83. The molecule has 0 radical (unpaired) electrons. The summed E-state index contributed by atoms with van der Waals surface area (Å²) in [5, 5.41) is 34.8. The number of halogens is 1. The van der Waals surface area contributed by atoms with Gasteiger partial charge < -0.3 is 34.7 Å². The third-order valence-electron chi connectivity index (χ3n) is 7.79. The number of nitrogens with zero attached hydrogens (tertiary/aromatic N) is 1. The van der Waals surface area contributed by atoms with Crippen molar-refractivity contribution in [2.24, 2.45) is 0 Å². The first-order chi connectivity index (χ1) is 22.5. The maximum Gasteiger partial charge on any atom is 0.338 e. The Morgan fingerprint density at radius 3 is 2.23 bits per heavy atom. The Morgan fingerprint density at radius 1 is 0.915 bits per heavy atom. The molecule has 0 spiro atoms. The molecule has 0 bridgehead atoms. The molecular formula is C37H40FN2O7-. The number of ether oxygens (including phenoxy) is 1. The molecule has 4 rings (SSSR count). The molecule has 0 aliphatic rings. The summed E-state index contributed by atoms with van der Waals surface area (Å²) in [5.74, 6) is -2.66. The van der Waals surface area contributed by atoms with Crippen LogP contribution in [-0.4, -0.2) is 51.4 Å². The van der Waals surface area contributed by atoms with E-state index in [1.807, 2.05) is 48.7 Å². The van der Waals surface area contributed by atoms with E-state index in [9.17, 15) is 34.1 Å². The maximum atomic E-state index is 14.3. The van der Waals surface area contributed by atoms with E-state index in [0.717, 1.165) is 5.56 Å². The number of carboxylic acid groups (broad SMARTS) is 1. The molecule has 2 atom stereocenters. The number of carbonyl (C=O) groups is 3. The largest absolute Gasteiger partial charge is 0.550 e. The second-order valence-corrected chi connectivity index (χ2v) is 11.6. The summed E-state index contributed by atoms with van der Waals surface area (Å²) >= 11 is 0. The number of nitrogens with one attached hydrogen (secondary N) is 1. The van der Waals surface area contributed by atoms with Gasteiger partial charge in [0.1, 0.15) is 11.5 Å². The zero-order valence-electron chi connectivity index (χ0n) is 26.7. The molecule has 0 saturated heterocycles. The number of hydrogen-bond acceptors (Lipinski definition) is 7. The van der Waals surface area contributed by atoms with Crippen LogP contribution in [0.1, 0.15) is 78.2 Å². The highest BCUT2D eigenvalue weighted by Crippen LogP contribution is 2.42. The van der Waals surface area contributed by atoms with Crippen molar-refractivity contribution in [2.45, 2.75) is 71.2 Å². The number of hydrogen-bond donors (Lipinski definition) is 3. The van der Waals surface area contributed by atoms with Gasteiger partial charge in [0.05, 0.1) is 24.4 Å². The number of aromatic nitrogens is 1. The first-order valence-electron chi connectivity index (χ1n) is 15.7. The highest BCUT2D eigenvalue weighted by molar-refractivity contribution is 6.05. The lowest BCUT2D eigenvalue weighted by Gasteiger charge is -2.20. The molecule has 47 heavy (non-hydrogen) atoms. The molecule has 1 aromatic heterocycles. The summed E-state index contributed by atoms with van der Waals surface area (Å²) in [6.45, 7) is 5.97. The zero-order chi connectivity index (χ0) is 34.1. The predicted molar refractivity (Wildman–Crippen MR) is 174 cm³/mol. The van der Waals surface area contributed by atoms with Crippen LogP contribution in [0.4, 0.5) is 4.39 Å². The molecule has 9 nitrogen and oxygen atoms in total. The maximum absolute atomic E-state index is 14.3. The van der Waals surface area contributed by atoms with E-state index < -0.39 is 36.4 Å². The van der Waals surface area contributed by atoms with E-state index in [0.29, 0.717) is 39.2 Å². The van der Waals surface area contributed by atoms with Crippen molar-refractivity contribution in [3.63, 3.8) is 0 Å². The van der Waals surface area contributed by atoms with Gasteiger partial charge in [-0.1, -0.05) is 54.6 Å². The van der Waals surface area contributed by atoms with Crippen LogP contribution in [0, 0.1) is 5.82 Å². The van der Waals surface area contributed by atoms with Gasteiger partial charge in [-0.05, 0) is 81.0 Å². The number of benzene rings is 3. The van der Waals surface area contributed by atoms with Gasteiger partial charge in [0, 0.05) is 41.8 Å². The van der Waals surface area contributed by atoms with Gasteiger partial charge in [0.25, 0.3) is 5.91 Å². The minimum Gasteiger partial charge on any atom is -0.550 e. The quantitative estimate of drug-likeness (QED) is 0.158. The smallest absolute Gasteiger partial charge is 0.338 e. The standard InChI is InChI=1S/C37H41FN2O7/c1-4-47-37(46)27-12-8-9-24(19-27)22-39-36(45)35-34(25-10-6-5-7-11-25)33(26-13-15-28(38)16-14-26)31(40(35)23(2)3)18-17-29(41)20-30(42)21-32(43)44/h5-16,19,23,29-30,41-42H,4,17-18,20-22H2,1-3H3,(H,39,45)(H,43,44)/p-1/t29-,30-/m1/s1. The number of aliphatic carboxylic acids is 1. The summed E-state index contributed by atoms with van der Waals surface area (Å²) in [6.07, 6.45) is -2.64. The molecule has 0 aliphatic carbocycles. The van der Waals surface area contributed by atoms with Gasteiger partial charge in [0.15, 0.2) is 0 Å². The fourth-order valence-electron chi connectivity index (χ4n) is 5.79. The molecule has 3 N–H and O–H groups in total. The van der Waals surface area contributed by atoms with Crippen molar-refractivity contribution in [1.82, 2.24) is 9.88 Å². The summed E-state index contributed by atoms with van der Waals surface area (Å²) in [6, 6.07) is 22.0. The molecule has 10 heteroatoms. The number of esters is 1. The van der Waals surface area contributed by atoms with Crippen LogP contribution in [0.3, 0.4) is 0 Å². The Labute approximate surface area is 273 Å². The lowest BCUT2D eigenvalue weighted by molar-refractivity contribution is -0.307. The number of amides is 1. The van der Waals surface area contributed by atoms with E-state index >= 15 is 0 Å². The minimum absolute atomic E-state index is 0.125. The third-order valence-corrected chi connectivity index (χ3v) is 7.79. The summed E-state index contributed by atoms with van der Waals surface area (Å²) in [5.41, 5.74) is 4.91. The van der Waals surface area contributed by atoms with Gasteiger partial charge in [-0.15, -0.1) is 0 Å². The van der Waals surface area contributed by atoms with Crippen LogP contribution in [0.5, 0.6) is 0 Å². The Hall–Kier alpha value is -4.80. The molecule has 0 aliphatic heterocycles. The Morgan fingerprint density at radius 2 is 1.60 bits per heavy atom. The lowest BCUT2D eigenvalue weighted by Crippen LogP contribution is -2.29. The molecule has 3 aromatic carbocycles. The van der Waals surface area contributed by atoms with Gasteiger partial charge in [-0.25, -0.2) is 9.18 Å². The molecule has 1 heterocycles. The van der Waals surface area contributed by atoms with Gasteiger partial charge in [0.2, 0.25) is 0 Å². The molecule has 248 valence electrons. The molecule has 0 fully saturated rings. The summed E-state index contributed by atoms with van der Waals surface area (Å²) in [7, 11) is 0. The molecule has 1 amide bonds.